The molecule has 96 valence electrons. The van der Waals surface area contributed by atoms with Crippen molar-refractivity contribution >= 4 is 5.91 Å². The normalized spacial score (nSPS) is 9.56. The van der Waals surface area contributed by atoms with Crippen molar-refractivity contribution in [2.24, 2.45) is 0 Å². The van der Waals surface area contributed by atoms with Gasteiger partial charge in [-0.15, -0.1) is 0 Å². The Balaban J connectivity index is 2.33. The van der Waals surface area contributed by atoms with E-state index in [2.05, 4.69) is 0 Å². The SMILES string of the molecule is CCCN(CC#N)C(=O)CCOc1ccccc1. The molecule has 0 aliphatic rings. The zero-order chi connectivity index (χ0) is 13.2. The molecule has 0 saturated carbocycles. The Morgan fingerprint density at radius 1 is 1.39 bits per heavy atom. The van der Waals surface area contributed by atoms with Gasteiger partial charge in [-0.1, -0.05) is 25.1 Å². The molecule has 18 heavy (non-hydrogen) atoms. The average Bonchev–Trinajstić information content (AvgIpc) is 2.39. The zero-order valence-corrected chi connectivity index (χ0v) is 10.6. The van der Waals surface area contributed by atoms with Crippen LogP contribution in [0.1, 0.15) is 19.8 Å². The minimum Gasteiger partial charge on any atom is -0.493 e. The second kappa shape index (κ2) is 8.13. The predicted octanol–water partition coefficient (Wildman–Crippen LogP) is 2.22. The Bertz CT molecular complexity index is 398. The van der Waals surface area contributed by atoms with Gasteiger partial charge in [0.2, 0.25) is 5.91 Å². The molecule has 4 heteroatoms. The molecule has 0 fully saturated rings. The van der Waals surface area contributed by atoms with Crippen molar-refractivity contribution in [1.29, 1.82) is 5.26 Å². The lowest BCUT2D eigenvalue weighted by atomic mass is 10.3. The molecule has 0 aromatic heterocycles. The van der Waals surface area contributed by atoms with Crippen LogP contribution >= 0.6 is 0 Å². The number of hydrogen-bond donors (Lipinski definition) is 0. The number of ether oxygens (including phenoxy) is 1. The zero-order valence-electron chi connectivity index (χ0n) is 10.6. The summed E-state index contributed by atoms with van der Waals surface area (Å²) in [5.41, 5.74) is 0. The minimum absolute atomic E-state index is 0.0330. The molecule has 1 rings (SSSR count). The van der Waals surface area contributed by atoms with Crippen molar-refractivity contribution in [2.75, 3.05) is 19.7 Å². The van der Waals surface area contributed by atoms with E-state index in [4.69, 9.17) is 10.00 Å². The molecule has 0 aliphatic heterocycles. The third-order valence-electron chi connectivity index (χ3n) is 2.44. The summed E-state index contributed by atoms with van der Waals surface area (Å²) in [6.07, 6.45) is 1.16. The number of benzene rings is 1. The smallest absolute Gasteiger partial charge is 0.226 e. The molecule has 0 saturated heterocycles. The highest BCUT2D eigenvalue weighted by Crippen LogP contribution is 2.08. The summed E-state index contributed by atoms with van der Waals surface area (Å²) >= 11 is 0. The topological polar surface area (TPSA) is 53.3 Å². The van der Waals surface area contributed by atoms with E-state index >= 15 is 0 Å². The third kappa shape index (κ3) is 4.88. The van der Waals surface area contributed by atoms with E-state index in [0.717, 1.165) is 12.2 Å². The summed E-state index contributed by atoms with van der Waals surface area (Å²) < 4.78 is 5.45. The number of amides is 1. The van der Waals surface area contributed by atoms with E-state index in [1.165, 1.54) is 0 Å². The second-order valence-electron chi connectivity index (χ2n) is 3.88. The fraction of sp³-hybridized carbons (Fsp3) is 0.429. The molecular formula is C14H18N2O2. The molecule has 0 N–H and O–H groups in total. The first kappa shape index (κ1) is 14.0. The maximum absolute atomic E-state index is 11.8. The van der Waals surface area contributed by atoms with Crippen LogP contribution in [0.5, 0.6) is 5.75 Å². The summed E-state index contributed by atoms with van der Waals surface area (Å²) in [6, 6.07) is 11.4. The van der Waals surface area contributed by atoms with Gasteiger partial charge in [-0.2, -0.15) is 5.26 Å². The Kier molecular flexibility index (Phi) is 6.34. The number of nitriles is 1. The number of carbonyl (C=O) groups is 1. The highest BCUT2D eigenvalue weighted by molar-refractivity contribution is 5.76. The van der Waals surface area contributed by atoms with Crippen molar-refractivity contribution < 1.29 is 9.53 Å². The van der Waals surface area contributed by atoms with Crippen molar-refractivity contribution in [1.82, 2.24) is 4.90 Å². The van der Waals surface area contributed by atoms with E-state index in [1.54, 1.807) is 4.90 Å². The van der Waals surface area contributed by atoms with Crippen LogP contribution in [0.4, 0.5) is 0 Å². The van der Waals surface area contributed by atoms with Gasteiger partial charge in [0.15, 0.2) is 0 Å². The van der Waals surface area contributed by atoms with Crippen LogP contribution in [0.3, 0.4) is 0 Å². The van der Waals surface area contributed by atoms with Crippen LogP contribution in [0, 0.1) is 11.3 Å². The molecule has 0 atom stereocenters. The Morgan fingerprint density at radius 2 is 2.11 bits per heavy atom. The largest absolute Gasteiger partial charge is 0.493 e. The summed E-state index contributed by atoms with van der Waals surface area (Å²) in [7, 11) is 0. The molecule has 1 aromatic rings. The molecular weight excluding hydrogens is 228 g/mol. The van der Waals surface area contributed by atoms with Crippen molar-refractivity contribution in [3.63, 3.8) is 0 Å². The molecule has 0 unspecified atom stereocenters. The van der Waals surface area contributed by atoms with Crippen molar-refractivity contribution in [2.45, 2.75) is 19.8 Å². The summed E-state index contributed by atoms with van der Waals surface area (Å²) in [5, 5.41) is 8.64. The number of para-hydroxylation sites is 1. The van der Waals surface area contributed by atoms with E-state index in [9.17, 15) is 4.79 Å². The molecule has 0 spiro atoms. The van der Waals surface area contributed by atoms with E-state index in [-0.39, 0.29) is 12.5 Å². The summed E-state index contributed by atoms with van der Waals surface area (Å²) in [4.78, 5) is 13.4. The molecule has 0 aliphatic carbocycles. The molecule has 1 aromatic carbocycles. The lowest BCUT2D eigenvalue weighted by molar-refractivity contribution is -0.131. The first-order chi connectivity index (χ1) is 8.77. The number of rotatable bonds is 7. The van der Waals surface area contributed by atoms with Crippen LogP contribution < -0.4 is 4.74 Å². The van der Waals surface area contributed by atoms with Crippen LogP contribution in [-0.4, -0.2) is 30.5 Å². The van der Waals surface area contributed by atoms with Crippen molar-refractivity contribution in [3.8, 4) is 11.8 Å². The van der Waals surface area contributed by atoms with Crippen LogP contribution in [-0.2, 0) is 4.79 Å². The Labute approximate surface area is 108 Å². The second-order valence-corrected chi connectivity index (χ2v) is 3.88. The Hall–Kier alpha value is -2.02. The van der Waals surface area contributed by atoms with Gasteiger partial charge in [0.1, 0.15) is 12.3 Å². The first-order valence-electron chi connectivity index (χ1n) is 6.10. The first-order valence-corrected chi connectivity index (χ1v) is 6.10. The lowest BCUT2D eigenvalue weighted by Gasteiger charge is -2.18. The van der Waals surface area contributed by atoms with Gasteiger partial charge in [-0.3, -0.25) is 4.79 Å². The standard InChI is InChI=1S/C14H18N2O2/c1-2-10-16(11-9-15)14(17)8-12-18-13-6-4-3-5-7-13/h3-7H,2,8,10-12H2,1H3. The highest BCUT2D eigenvalue weighted by Gasteiger charge is 2.11. The van der Waals surface area contributed by atoms with Gasteiger partial charge in [0.05, 0.1) is 19.1 Å². The minimum atomic E-state index is -0.0330. The van der Waals surface area contributed by atoms with Crippen molar-refractivity contribution in [3.05, 3.63) is 30.3 Å². The average molecular weight is 246 g/mol. The molecule has 0 radical (unpaired) electrons. The fourth-order valence-electron chi connectivity index (χ4n) is 1.58. The maximum Gasteiger partial charge on any atom is 0.226 e. The van der Waals surface area contributed by atoms with Gasteiger partial charge < -0.3 is 9.64 Å². The van der Waals surface area contributed by atoms with E-state index < -0.39 is 0 Å². The van der Waals surface area contributed by atoms with Gasteiger partial charge in [0.25, 0.3) is 0 Å². The van der Waals surface area contributed by atoms with Gasteiger partial charge >= 0.3 is 0 Å². The molecule has 1 amide bonds. The van der Waals surface area contributed by atoms with Crippen LogP contribution in [0.25, 0.3) is 0 Å². The van der Waals surface area contributed by atoms with Gasteiger partial charge in [-0.05, 0) is 18.6 Å². The van der Waals surface area contributed by atoms with Crippen LogP contribution in [0.2, 0.25) is 0 Å². The summed E-state index contributed by atoms with van der Waals surface area (Å²) in [6.45, 7) is 3.10. The monoisotopic (exact) mass is 246 g/mol. The molecule has 0 heterocycles. The molecule has 4 nitrogen and oxygen atoms in total. The van der Waals surface area contributed by atoms with Crippen LogP contribution in [0.15, 0.2) is 30.3 Å². The lowest BCUT2D eigenvalue weighted by Crippen LogP contribution is -2.33. The van der Waals surface area contributed by atoms with Gasteiger partial charge in [-0.25, -0.2) is 0 Å². The third-order valence-corrected chi connectivity index (χ3v) is 2.44. The quantitative estimate of drug-likeness (QED) is 0.693. The van der Waals surface area contributed by atoms with E-state index in [1.807, 2.05) is 43.3 Å². The fourth-order valence-corrected chi connectivity index (χ4v) is 1.58. The maximum atomic E-state index is 11.8. The highest BCUT2D eigenvalue weighted by atomic mass is 16.5. The molecule has 0 bridgehead atoms. The number of hydrogen-bond acceptors (Lipinski definition) is 3. The number of carbonyl (C=O) groups excluding carboxylic acids is 1. The summed E-state index contributed by atoms with van der Waals surface area (Å²) in [5.74, 6) is 0.724. The Morgan fingerprint density at radius 3 is 2.72 bits per heavy atom. The van der Waals surface area contributed by atoms with Gasteiger partial charge in [0, 0.05) is 6.54 Å². The predicted molar refractivity (Wildman–Crippen MR) is 69.0 cm³/mol. The number of nitrogens with zero attached hydrogens (tertiary/aromatic N) is 2. The van der Waals surface area contributed by atoms with E-state index in [0.29, 0.717) is 19.6 Å².